The molecular formula is C25H23FN4O2. The van der Waals surface area contributed by atoms with Gasteiger partial charge in [-0.3, -0.25) is 4.79 Å². The van der Waals surface area contributed by atoms with E-state index in [0.29, 0.717) is 22.4 Å². The van der Waals surface area contributed by atoms with Crippen LogP contribution in [0.3, 0.4) is 0 Å². The number of rotatable bonds is 6. The van der Waals surface area contributed by atoms with E-state index in [-0.39, 0.29) is 11.6 Å². The van der Waals surface area contributed by atoms with Gasteiger partial charge < -0.3 is 10.5 Å². The molecular weight excluding hydrogens is 407 g/mol. The number of nitrogens with zero attached hydrogens (tertiary/aromatic N) is 3. The fraction of sp³-hybridized carbons (Fsp3) is 0.200. The van der Waals surface area contributed by atoms with Crippen molar-refractivity contribution in [1.82, 2.24) is 15.0 Å². The summed E-state index contributed by atoms with van der Waals surface area (Å²) in [4.78, 5) is 24.9. The number of carbonyl (C=O) groups excluding carboxylic acids is 1. The van der Waals surface area contributed by atoms with Crippen molar-refractivity contribution in [3.8, 4) is 16.9 Å². The standard InChI is InChI=1S/C25H23FN4O2/c1-14(8-16-12-28-15(2)29-13-16)17-4-6-20-21(11-24(25(27)31)30-23(20)9-17)19-7-5-18(32-3)10-22(19)26/h4-7,9-14H,8H2,1-3H3,(H2,27,31). The highest BCUT2D eigenvalue weighted by Crippen LogP contribution is 2.34. The van der Waals surface area contributed by atoms with Gasteiger partial charge in [0, 0.05) is 29.4 Å². The van der Waals surface area contributed by atoms with E-state index >= 15 is 0 Å². The van der Waals surface area contributed by atoms with Gasteiger partial charge in [-0.2, -0.15) is 0 Å². The van der Waals surface area contributed by atoms with Crippen LogP contribution in [0.5, 0.6) is 5.75 Å². The van der Waals surface area contributed by atoms with Gasteiger partial charge in [0.2, 0.25) is 0 Å². The molecule has 0 radical (unpaired) electrons. The summed E-state index contributed by atoms with van der Waals surface area (Å²) in [5.41, 5.74) is 9.14. The molecule has 2 aromatic carbocycles. The number of methoxy groups -OCH3 is 1. The van der Waals surface area contributed by atoms with Gasteiger partial charge in [0.05, 0.1) is 12.6 Å². The van der Waals surface area contributed by atoms with E-state index in [1.54, 1.807) is 12.1 Å². The maximum atomic E-state index is 14.8. The maximum Gasteiger partial charge on any atom is 0.267 e. The molecule has 0 saturated carbocycles. The lowest BCUT2D eigenvalue weighted by Crippen LogP contribution is -2.13. The molecule has 1 amide bonds. The molecule has 1 unspecified atom stereocenters. The summed E-state index contributed by atoms with van der Waals surface area (Å²) in [5, 5.41) is 0.730. The molecule has 0 fully saturated rings. The van der Waals surface area contributed by atoms with Crippen LogP contribution >= 0.6 is 0 Å². The summed E-state index contributed by atoms with van der Waals surface area (Å²) in [5.74, 6) is 0.178. The molecule has 0 aliphatic heterocycles. The molecule has 4 aromatic rings. The Kier molecular flexibility index (Phi) is 5.81. The average Bonchev–Trinajstić information content (AvgIpc) is 2.79. The molecule has 162 valence electrons. The fourth-order valence-corrected chi connectivity index (χ4v) is 3.74. The second-order valence-electron chi connectivity index (χ2n) is 7.79. The third-order valence-corrected chi connectivity index (χ3v) is 5.50. The molecule has 0 spiro atoms. The molecule has 1 atom stereocenters. The lowest BCUT2D eigenvalue weighted by molar-refractivity contribution is 0.0996. The Morgan fingerprint density at radius 2 is 1.84 bits per heavy atom. The summed E-state index contributed by atoms with van der Waals surface area (Å²) in [6.45, 7) is 3.95. The average molecular weight is 430 g/mol. The SMILES string of the molecule is COc1ccc(-c2cc(C(N)=O)nc3cc(C(C)Cc4cnc(C)nc4)ccc23)c(F)c1. The highest BCUT2D eigenvalue weighted by atomic mass is 19.1. The van der Waals surface area contributed by atoms with Crippen molar-refractivity contribution in [1.29, 1.82) is 0 Å². The molecule has 0 bridgehead atoms. The first kappa shape index (κ1) is 21.4. The first-order chi connectivity index (χ1) is 15.4. The fourth-order valence-electron chi connectivity index (χ4n) is 3.74. The minimum Gasteiger partial charge on any atom is -0.497 e. The first-order valence-electron chi connectivity index (χ1n) is 10.2. The molecule has 2 aromatic heterocycles. The molecule has 6 nitrogen and oxygen atoms in total. The number of hydrogen-bond donors (Lipinski definition) is 1. The summed E-state index contributed by atoms with van der Waals surface area (Å²) < 4.78 is 19.9. The third-order valence-electron chi connectivity index (χ3n) is 5.50. The number of aromatic nitrogens is 3. The van der Waals surface area contributed by atoms with E-state index < -0.39 is 11.7 Å². The summed E-state index contributed by atoms with van der Waals surface area (Å²) in [6.07, 6.45) is 4.41. The predicted molar refractivity (Wildman–Crippen MR) is 121 cm³/mol. The first-order valence-corrected chi connectivity index (χ1v) is 10.2. The lowest BCUT2D eigenvalue weighted by atomic mass is 9.92. The molecule has 4 rings (SSSR count). The van der Waals surface area contributed by atoms with Crippen LogP contribution in [0.15, 0.2) is 54.9 Å². The van der Waals surface area contributed by atoms with Crippen LogP contribution in [-0.4, -0.2) is 28.0 Å². The zero-order valence-electron chi connectivity index (χ0n) is 18.1. The zero-order valence-corrected chi connectivity index (χ0v) is 18.1. The van der Waals surface area contributed by atoms with Gasteiger partial charge in [-0.15, -0.1) is 0 Å². The molecule has 0 aliphatic carbocycles. The summed E-state index contributed by atoms with van der Waals surface area (Å²) >= 11 is 0. The van der Waals surface area contributed by atoms with Crippen LogP contribution in [0.2, 0.25) is 0 Å². The number of nitrogens with two attached hydrogens (primary N) is 1. The van der Waals surface area contributed by atoms with Crippen molar-refractivity contribution < 1.29 is 13.9 Å². The normalized spacial score (nSPS) is 12.0. The highest BCUT2D eigenvalue weighted by Gasteiger charge is 2.16. The van der Waals surface area contributed by atoms with Crippen molar-refractivity contribution in [2.45, 2.75) is 26.2 Å². The Morgan fingerprint density at radius 1 is 1.09 bits per heavy atom. The van der Waals surface area contributed by atoms with Crippen molar-refractivity contribution in [2.75, 3.05) is 7.11 Å². The van der Waals surface area contributed by atoms with E-state index in [0.717, 1.165) is 28.8 Å². The van der Waals surface area contributed by atoms with Crippen molar-refractivity contribution in [3.05, 3.63) is 83.3 Å². The monoisotopic (exact) mass is 430 g/mol. The number of primary amides is 1. The number of aryl methyl sites for hydroxylation is 1. The minimum absolute atomic E-state index is 0.0828. The quantitative estimate of drug-likeness (QED) is 0.483. The van der Waals surface area contributed by atoms with Crippen LogP contribution in [0.25, 0.3) is 22.0 Å². The van der Waals surface area contributed by atoms with Gasteiger partial charge in [0.25, 0.3) is 5.91 Å². The zero-order chi connectivity index (χ0) is 22.8. The van der Waals surface area contributed by atoms with Gasteiger partial charge >= 0.3 is 0 Å². The van der Waals surface area contributed by atoms with E-state index in [9.17, 15) is 9.18 Å². The Morgan fingerprint density at radius 3 is 2.50 bits per heavy atom. The summed E-state index contributed by atoms with van der Waals surface area (Å²) in [7, 11) is 1.48. The largest absolute Gasteiger partial charge is 0.497 e. The van der Waals surface area contributed by atoms with Crippen LogP contribution in [0.1, 0.15) is 40.3 Å². The number of hydrogen-bond acceptors (Lipinski definition) is 5. The number of amides is 1. The number of halogens is 1. The van der Waals surface area contributed by atoms with E-state index in [2.05, 4.69) is 21.9 Å². The molecule has 2 heterocycles. The maximum absolute atomic E-state index is 14.8. The minimum atomic E-state index is -0.669. The van der Waals surface area contributed by atoms with Gasteiger partial charge in [-0.1, -0.05) is 19.1 Å². The topological polar surface area (TPSA) is 91.0 Å². The van der Waals surface area contributed by atoms with Crippen LogP contribution < -0.4 is 10.5 Å². The van der Waals surface area contributed by atoms with E-state index in [1.807, 2.05) is 37.5 Å². The van der Waals surface area contributed by atoms with E-state index in [4.69, 9.17) is 10.5 Å². The molecule has 0 saturated heterocycles. The molecule has 32 heavy (non-hydrogen) atoms. The van der Waals surface area contributed by atoms with Gasteiger partial charge in [-0.05, 0) is 60.2 Å². The highest BCUT2D eigenvalue weighted by molar-refractivity contribution is 6.01. The van der Waals surface area contributed by atoms with Crippen molar-refractivity contribution in [2.24, 2.45) is 5.73 Å². The van der Waals surface area contributed by atoms with Gasteiger partial charge in [-0.25, -0.2) is 19.3 Å². The predicted octanol–water partition coefficient (Wildman–Crippen LogP) is 4.59. The number of carbonyl (C=O) groups is 1. The smallest absolute Gasteiger partial charge is 0.267 e. The third kappa shape index (κ3) is 4.27. The molecule has 7 heteroatoms. The molecule has 0 aliphatic rings. The molecule has 2 N–H and O–H groups in total. The number of ether oxygens (including phenoxy) is 1. The Balaban J connectivity index is 1.79. The van der Waals surface area contributed by atoms with Crippen LogP contribution in [0, 0.1) is 12.7 Å². The second-order valence-corrected chi connectivity index (χ2v) is 7.79. The van der Waals surface area contributed by atoms with Crippen LogP contribution in [-0.2, 0) is 6.42 Å². The van der Waals surface area contributed by atoms with E-state index in [1.165, 1.54) is 19.2 Å². The Hall–Kier alpha value is -3.87. The van der Waals surface area contributed by atoms with Gasteiger partial charge in [0.1, 0.15) is 23.1 Å². The summed E-state index contributed by atoms with van der Waals surface area (Å²) in [6, 6.07) is 12.0. The van der Waals surface area contributed by atoms with Crippen molar-refractivity contribution >= 4 is 16.8 Å². The number of pyridine rings is 1. The number of benzene rings is 2. The Labute approximate surface area is 185 Å². The number of fused-ring (bicyclic) bond motifs is 1. The lowest BCUT2D eigenvalue weighted by Gasteiger charge is -2.15. The van der Waals surface area contributed by atoms with Gasteiger partial charge in [0.15, 0.2) is 0 Å². The second kappa shape index (κ2) is 8.70. The Bertz CT molecular complexity index is 1310. The van der Waals surface area contributed by atoms with Crippen molar-refractivity contribution in [3.63, 3.8) is 0 Å². The van der Waals surface area contributed by atoms with Crippen LogP contribution in [0.4, 0.5) is 4.39 Å².